The zero-order valence-corrected chi connectivity index (χ0v) is 10.4. The predicted octanol–water partition coefficient (Wildman–Crippen LogP) is 2.33. The molecule has 0 bridgehead atoms. The Bertz CT molecular complexity index is 546. The lowest BCUT2D eigenvalue weighted by atomic mass is 10.2. The molecule has 0 aliphatic rings. The first-order valence-corrected chi connectivity index (χ1v) is 5.67. The molecule has 0 saturated heterocycles. The van der Waals surface area contributed by atoms with Crippen molar-refractivity contribution in [3.05, 3.63) is 52.8 Å². The number of nitroso groups, excluding NO2 is 1. The number of hydrogen-bond donors (Lipinski definition) is 0. The highest BCUT2D eigenvalue weighted by atomic mass is 16.5. The molecule has 0 radical (unpaired) electrons. The standard InChI is InChI=1S/C13H13N3O3/c1-18-13-5-11(7-16-17)12(8-15-13)19-9-10-3-2-4-14-6-10/h2-6,8H,7,9H2,1H3. The molecular formula is C13H13N3O3. The molecule has 98 valence electrons. The Labute approximate surface area is 110 Å². The molecular weight excluding hydrogens is 246 g/mol. The molecule has 19 heavy (non-hydrogen) atoms. The summed E-state index contributed by atoms with van der Waals surface area (Å²) in [5, 5.41) is 2.87. The highest BCUT2D eigenvalue weighted by Crippen LogP contribution is 2.23. The SMILES string of the molecule is COc1cc(CN=O)c(OCc2cccnc2)cn1. The van der Waals surface area contributed by atoms with Gasteiger partial charge in [0.05, 0.1) is 13.3 Å². The predicted molar refractivity (Wildman–Crippen MR) is 68.9 cm³/mol. The number of aromatic nitrogens is 2. The minimum atomic E-state index is 0.0151. The van der Waals surface area contributed by atoms with E-state index >= 15 is 0 Å². The average Bonchev–Trinajstić information content (AvgIpc) is 2.47. The van der Waals surface area contributed by atoms with Crippen LogP contribution in [0.15, 0.2) is 42.0 Å². The minimum absolute atomic E-state index is 0.0151. The number of hydrogen-bond acceptors (Lipinski definition) is 6. The molecule has 6 heteroatoms. The van der Waals surface area contributed by atoms with E-state index in [1.54, 1.807) is 18.5 Å². The summed E-state index contributed by atoms with van der Waals surface area (Å²) in [5.41, 5.74) is 1.58. The monoisotopic (exact) mass is 259 g/mol. The van der Waals surface area contributed by atoms with Gasteiger partial charge in [-0.15, -0.1) is 0 Å². The molecule has 2 heterocycles. The normalized spacial score (nSPS) is 9.95. The first-order chi connectivity index (χ1) is 9.33. The Morgan fingerprint density at radius 1 is 1.37 bits per heavy atom. The quantitative estimate of drug-likeness (QED) is 0.744. The molecule has 0 unspecified atom stereocenters. The van der Waals surface area contributed by atoms with Gasteiger partial charge in [0, 0.05) is 29.6 Å². The Morgan fingerprint density at radius 3 is 2.95 bits per heavy atom. The van der Waals surface area contributed by atoms with Crippen LogP contribution in [0.1, 0.15) is 11.1 Å². The maximum atomic E-state index is 10.4. The lowest BCUT2D eigenvalue weighted by Gasteiger charge is -2.10. The summed E-state index contributed by atoms with van der Waals surface area (Å²) in [4.78, 5) is 18.5. The highest BCUT2D eigenvalue weighted by molar-refractivity contribution is 5.35. The molecule has 0 aliphatic heterocycles. The zero-order chi connectivity index (χ0) is 13.5. The van der Waals surface area contributed by atoms with Gasteiger partial charge >= 0.3 is 0 Å². The van der Waals surface area contributed by atoms with Crippen LogP contribution in [0.4, 0.5) is 0 Å². The fourth-order valence-corrected chi connectivity index (χ4v) is 1.54. The topological polar surface area (TPSA) is 73.7 Å². The average molecular weight is 259 g/mol. The van der Waals surface area contributed by atoms with Gasteiger partial charge in [-0.25, -0.2) is 4.98 Å². The second-order valence-electron chi connectivity index (χ2n) is 3.77. The van der Waals surface area contributed by atoms with Crippen LogP contribution in [-0.4, -0.2) is 17.1 Å². The van der Waals surface area contributed by atoms with Gasteiger partial charge in [-0.2, -0.15) is 4.91 Å². The highest BCUT2D eigenvalue weighted by Gasteiger charge is 2.07. The summed E-state index contributed by atoms with van der Waals surface area (Å²) in [6, 6.07) is 5.38. The van der Waals surface area contributed by atoms with Gasteiger partial charge in [-0.05, 0) is 6.07 Å². The third kappa shape index (κ3) is 3.48. The smallest absolute Gasteiger partial charge is 0.213 e. The van der Waals surface area contributed by atoms with Crippen LogP contribution < -0.4 is 9.47 Å². The van der Waals surface area contributed by atoms with Gasteiger partial charge in [-0.1, -0.05) is 11.2 Å². The van der Waals surface area contributed by atoms with Crippen LogP contribution in [0, 0.1) is 4.91 Å². The van der Waals surface area contributed by atoms with E-state index in [1.165, 1.54) is 13.3 Å². The number of pyridine rings is 2. The largest absolute Gasteiger partial charge is 0.487 e. The summed E-state index contributed by atoms with van der Waals surface area (Å²) in [6.07, 6.45) is 4.94. The van der Waals surface area contributed by atoms with Crippen molar-refractivity contribution in [3.8, 4) is 11.6 Å². The minimum Gasteiger partial charge on any atom is -0.487 e. The summed E-state index contributed by atoms with van der Waals surface area (Å²) in [5.74, 6) is 0.941. The molecule has 0 aromatic carbocycles. The van der Waals surface area contributed by atoms with E-state index in [9.17, 15) is 4.91 Å². The molecule has 0 atom stereocenters. The molecule has 0 saturated carbocycles. The summed E-state index contributed by atoms with van der Waals surface area (Å²) >= 11 is 0. The van der Waals surface area contributed by atoms with Crippen molar-refractivity contribution in [2.75, 3.05) is 7.11 Å². The third-order valence-corrected chi connectivity index (χ3v) is 2.48. The maximum Gasteiger partial charge on any atom is 0.213 e. The molecule has 0 amide bonds. The third-order valence-electron chi connectivity index (χ3n) is 2.48. The van der Waals surface area contributed by atoms with Crippen LogP contribution >= 0.6 is 0 Å². The van der Waals surface area contributed by atoms with Crippen LogP contribution in [0.5, 0.6) is 11.6 Å². The molecule has 2 rings (SSSR count). The Kier molecular flexibility index (Phi) is 4.39. The van der Waals surface area contributed by atoms with E-state index in [0.29, 0.717) is 23.8 Å². The van der Waals surface area contributed by atoms with Gasteiger partial charge in [-0.3, -0.25) is 4.98 Å². The van der Waals surface area contributed by atoms with Gasteiger partial charge in [0.2, 0.25) is 5.88 Å². The van der Waals surface area contributed by atoms with E-state index in [2.05, 4.69) is 15.1 Å². The first-order valence-electron chi connectivity index (χ1n) is 5.67. The van der Waals surface area contributed by atoms with Crippen LogP contribution in [0.25, 0.3) is 0 Å². The van der Waals surface area contributed by atoms with E-state index in [-0.39, 0.29) is 6.54 Å². The van der Waals surface area contributed by atoms with Gasteiger partial charge in [0.1, 0.15) is 18.9 Å². The van der Waals surface area contributed by atoms with E-state index in [0.717, 1.165) is 5.56 Å². The number of methoxy groups -OCH3 is 1. The summed E-state index contributed by atoms with van der Waals surface area (Å²) < 4.78 is 10.6. The number of nitrogens with zero attached hydrogens (tertiary/aromatic N) is 3. The fraction of sp³-hybridized carbons (Fsp3) is 0.231. The van der Waals surface area contributed by atoms with E-state index < -0.39 is 0 Å². The number of rotatable bonds is 6. The second kappa shape index (κ2) is 6.44. The van der Waals surface area contributed by atoms with Gasteiger partial charge < -0.3 is 9.47 Å². The summed E-state index contributed by atoms with van der Waals surface area (Å²) in [6.45, 7) is 0.370. The molecule has 6 nitrogen and oxygen atoms in total. The molecule has 0 N–H and O–H groups in total. The van der Waals surface area contributed by atoms with Crippen molar-refractivity contribution in [3.63, 3.8) is 0 Å². The molecule has 2 aromatic rings. The zero-order valence-electron chi connectivity index (χ0n) is 10.4. The molecule has 0 spiro atoms. The first kappa shape index (κ1) is 12.9. The van der Waals surface area contributed by atoms with E-state index in [1.807, 2.05) is 12.1 Å². The molecule has 0 aliphatic carbocycles. The molecule has 0 fully saturated rings. The van der Waals surface area contributed by atoms with Crippen molar-refractivity contribution in [2.24, 2.45) is 5.18 Å². The Balaban J connectivity index is 2.12. The van der Waals surface area contributed by atoms with Crippen molar-refractivity contribution in [1.82, 2.24) is 9.97 Å². The lowest BCUT2D eigenvalue weighted by Crippen LogP contribution is -2.00. The Hall–Kier alpha value is -2.50. The Morgan fingerprint density at radius 2 is 2.26 bits per heavy atom. The lowest BCUT2D eigenvalue weighted by molar-refractivity contribution is 0.299. The van der Waals surface area contributed by atoms with Crippen molar-refractivity contribution < 1.29 is 9.47 Å². The summed E-state index contributed by atoms with van der Waals surface area (Å²) in [7, 11) is 1.51. The fourth-order valence-electron chi connectivity index (χ4n) is 1.54. The van der Waals surface area contributed by atoms with Crippen LogP contribution in [0.3, 0.4) is 0 Å². The van der Waals surface area contributed by atoms with Gasteiger partial charge in [0.25, 0.3) is 0 Å². The molecule has 2 aromatic heterocycles. The number of ether oxygens (including phenoxy) is 2. The van der Waals surface area contributed by atoms with Crippen molar-refractivity contribution >= 4 is 0 Å². The van der Waals surface area contributed by atoms with Gasteiger partial charge in [0.15, 0.2) is 0 Å². The van der Waals surface area contributed by atoms with Crippen molar-refractivity contribution in [2.45, 2.75) is 13.2 Å². The van der Waals surface area contributed by atoms with Crippen LogP contribution in [-0.2, 0) is 13.2 Å². The van der Waals surface area contributed by atoms with Crippen LogP contribution in [0.2, 0.25) is 0 Å². The van der Waals surface area contributed by atoms with E-state index in [4.69, 9.17) is 9.47 Å². The maximum absolute atomic E-state index is 10.4. The van der Waals surface area contributed by atoms with Crippen molar-refractivity contribution in [1.29, 1.82) is 0 Å². The second-order valence-corrected chi connectivity index (χ2v) is 3.77.